The normalized spacial score (nSPS) is 9.41. The van der Waals surface area contributed by atoms with Gasteiger partial charge in [0.25, 0.3) is 0 Å². The van der Waals surface area contributed by atoms with Crippen molar-refractivity contribution < 1.29 is 23.9 Å². The van der Waals surface area contributed by atoms with Crippen molar-refractivity contribution in [3.63, 3.8) is 0 Å². The highest BCUT2D eigenvalue weighted by molar-refractivity contribution is 6.01. The van der Waals surface area contributed by atoms with Crippen molar-refractivity contribution in [2.45, 2.75) is 33.6 Å². The number of ether oxygens (including phenoxy) is 2. The van der Waals surface area contributed by atoms with Crippen LogP contribution in [0, 0.1) is 0 Å². The Kier molecular flexibility index (Phi) is 11.1. The lowest BCUT2D eigenvalue weighted by Gasteiger charge is -2.10. The van der Waals surface area contributed by atoms with Crippen molar-refractivity contribution in [3.8, 4) is 0 Å². The molecule has 0 aromatic heterocycles. The minimum atomic E-state index is -0.712. The van der Waals surface area contributed by atoms with E-state index in [9.17, 15) is 14.4 Å². The lowest BCUT2D eigenvalue weighted by molar-refractivity contribution is -0.118. The van der Waals surface area contributed by atoms with Crippen molar-refractivity contribution >= 4 is 24.1 Å². The number of alkyl carbamates (subject to hydrolysis) is 2. The molecule has 0 bridgehead atoms. The van der Waals surface area contributed by atoms with E-state index in [1.54, 1.807) is 13.8 Å². The van der Waals surface area contributed by atoms with E-state index in [0.29, 0.717) is 19.5 Å². The van der Waals surface area contributed by atoms with Gasteiger partial charge in [-0.2, -0.15) is 0 Å². The van der Waals surface area contributed by atoms with Crippen molar-refractivity contribution in [1.29, 1.82) is 0 Å². The summed E-state index contributed by atoms with van der Waals surface area (Å²) in [6.07, 6.45) is -0.0128. The van der Waals surface area contributed by atoms with Gasteiger partial charge < -0.3 is 14.8 Å². The molecule has 0 rings (SSSR count). The molecule has 0 saturated heterocycles. The van der Waals surface area contributed by atoms with Crippen molar-refractivity contribution in [1.82, 2.24) is 16.0 Å². The van der Waals surface area contributed by atoms with Gasteiger partial charge in [-0.05, 0) is 26.7 Å². The molecule has 9 nitrogen and oxygen atoms in total. The number of unbranched alkanes of at least 4 members (excludes halogenated alkanes) is 1. The number of hydrogen-bond donors (Lipinski definition) is 3. The van der Waals surface area contributed by atoms with Crippen molar-refractivity contribution in [2.75, 3.05) is 26.3 Å². The van der Waals surface area contributed by atoms with Crippen LogP contribution < -0.4 is 16.0 Å². The molecule has 0 aromatic rings. The quantitative estimate of drug-likeness (QED) is 0.364. The Morgan fingerprint density at radius 1 is 0.955 bits per heavy atom. The molecule has 0 radical (unpaired) electrons. The van der Waals surface area contributed by atoms with E-state index in [-0.39, 0.29) is 25.1 Å². The van der Waals surface area contributed by atoms with Gasteiger partial charge in [0.2, 0.25) is 11.9 Å². The smallest absolute Gasteiger partial charge is 0.413 e. The fourth-order valence-electron chi connectivity index (χ4n) is 1.33. The highest BCUT2D eigenvalue weighted by Crippen LogP contribution is 1.89. The summed E-state index contributed by atoms with van der Waals surface area (Å²) in [7, 11) is 0. The summed E-state index contributed by atoms with van der Waals surface area (Å²) >= 11 is 0. The lowest BCUT2D eigenvalue weighted by Crippen LogP contribution is -2.44. The Bertz CT molecular complexity index is 376. The maximum absolute atomic E-state index is 11.3. The highest BCUT2D eigenvalue weighted by Gasteiger charge is 2.10. The molecule has 3 N–H and O–H groups in total. The third kappa shape index (κ3) is 11.5. The fraction of sp³-hybridized carbons (Fsp3) is 0.692. The monoisotopic (exact) mass is 316 g/mol. The van der Waals surface area contributed by atoms with Crippen LogP contribution in [0.5, 0.6) is 0 Å². The topological polar surface area (TPSA) is 118 Å². The maximum Gasteiger partial charge on any atom is 0.413 e. The van der Waals surface area contributed by atoms with E-state index < -0.39 is 12.2 Å². The zero-order valence-electron chi connectivity index (χ0n) is 13.2. The first-order valence-corrected chi connectivity index (χ1v) is 7.16. The van der Waals surface area contributed by atoms with Crippen LogP contribution >= 0.6 is 0 Å². The lowest BCUT2D eigenvalue weighted by atomic mass is 10.3. The summed E-state index contributed by atoms with van der Waals surface area (Å²) in [6, 6.07) is 0. The average Bonchev–Trinajstić information content (AvgIpc) is 2.42. The second kappa shape index (κ2) is 12.4. The van der Waals surface area contributed by atoms with Gasteiger partial charge in [0.05, 0.1) is 13.2 Å². The van der Waals surface area contributed by atoms with Crippen LogP contribution in [0.4, 0.5) is 9.59 Å². The summed E-state index contributed by atoms with van der Waals surface area (Å²) in [4.78, 5) is 37.5. The predicted molar refractivity (Wildman–Crippen MR) is 80.5 cm³/mol. The van der Waals surface area contributed by atoms with E-state index in [4.69, 9.17) is 9.47 Å². The zero-order valence-corrected chi connectivity index (χ0v) is 13.2. The fourth-order valence-corrected chi connectivity index (χ4v) is 1.33. The maximum atomic E-state index is 11.3. The summed E-state index contributed by atoms with van der Waals surface area (Å²) < 4.78 is 9.43. The van der Waals surface area contributed by atoms with Crippen molar-refractivity contribution in [3.05, 3.63) is 0 Å². The highest BCUT2D eigenvalue weighted by atomic mass is 16.6. The standard InChI is InChI=1S/C13H24N4O5/c1-4-21-12(19)16-11(17-13(20)22-5-2)15-9-7-6-8-14-10(3)18/h4-9H2,1-3H3,(H,14,18)(H2,15,16,17,19,20). The van der Waals surface area contributed by atoms with Gasteiger partial charge in [0.1, 0.15) is 0 Å². The van der Waals surface area contributed by atoms with Gasteiger partial charge in [0, 0.05) is 20.0 Å². The SMILES string of the molecule is CCOC(=O)NC(=NCCCCNC(C)=O)NC(=O)OCC. The number of hydrogen-bond acceptors (Lipinski definition) is 6. The molecular weight excluding hydrogens is 292 g/mol. The number of guanidine groups is 1. The Morgan fingerprint density at radius 2 is 1.50 bits per heavy atom. The number of aliphatic imine (C=N–C) groups is 1. The second-order valence-corrected chi connectivity index (χ2v) is 4.11. The van der Waals surface area contributed by atoms with E-state index in [1.165, 1.54) is 6.92 Å². The minimum absolute atomic E-state index is 0.0311. The summed E-state index contributed by atoms with van der Waals surface area (Å²) in [5.41, 5.74) is 0. The molecule has 3 amide bonds. The minimum Gasteiger partial charge on any atom is -0.450 e. The van der Waals surface area contributed by atoms with Gasteiger partial charge in [-0.25, -0.2) is 9.59 Å². The summed E-state index contributed by atoms with van der Waals surface area (Å²) in [5, 5.41) is 7.31. The Labute approximate surface area is 129 Å². The number of amides is 3. The number of nitrogens with one attached hydrogen (secondary N) is 3. The molecule has 22 heavy (non-hydrogen) atoms. The Hall–Kier alpha value is -2.32. The van der Waals surface area contributed by atoms with Gasteiger partial charge in [0.15, 0.2) is 0 Å². The van der Waals surface area contributed by atoms with Crippen LogP contribution in [0.15, 0.2) is 4.99 Å². The molecule has 0 unspecified atom stereocenters. The molecule has 0 aliphatic heterocycles. The van der Waals surface area contributed by atoms with Gasteiger partial charge in [-0.15, -0.1) is 0 Å². The van der Waals surface area contributed by atoms with Gasteiger partial charge >= 0.3 is 12.2 Å². The molecule has 0 atom stereocenters. The molecule has 9 heteroatoms. The molecule has 0 spiro atoms. The first kappa shape index (κ1) is 19.7. The van der Waals surface area contributed by atoms with E-state index >= 15 is 0 Å². The first-order valence-electron chi connectivity index (χ1n) is 7.16. The second-order valence-electron chi connectivity index (χ2n) is 4.11. The van der Waals surface area contributed by atoms with Crippen LogP contribution in [0.1, 0.15) is 33.6 Å². The predicted octanol–water partition coefficient (Wildman–Crippen LogP) is 0.751. The first-order chi connectivity index (χ1) is 10.5. The van der Waals surface area contributed by atoms with Crippen molar-refractivity contribution in [2.24, 2.45) is 4.99 Å². The molecule has 0 aliphatic carbocycles. The molecule has 126 valence electrons. The molecule has 0 aliphatic rings. The number of rotatable bonds is 7. The van der Waals surface area contributed by atoms with Crippen LogP contribution in [-0.2, 0) is 14.3 Å². The van der Waals surface area contributed by atoms with Crippen LogP contribution in [0.3, 0.4) is 0 Å². The van der Waals surface area contributed by atoms with E-state index in [0.717, 1.165) is 6.42 Å². The number of nitrogens with zero attached hydrogens (tertiary/aromatic N) is 1. The Balaban J connectivity index is 4.30. The zero-order chi connectivity index (χ0) is 16.8. The molecule has 0 heterocycles. The summed E-state index contributed by atoms with van der Waals surface area (Å²) in [6.45, 7) is 6.10. The summed E-state index contributed by atoms with van der Waals surface area (Å²) in [5.74, 6) is -0.117. The van der Waals surface area contributed by atoms with E-state index in [2.05, 4.69) is 20.9 Å². The number of carbonyl (C=O) groups is 3. The van der Waals surface area contributed by atoms with Gasteiger partial charge in [-0.1, -0.05) is 0 Å². The Morgan fingerprint density at radius 3 is 1.95 bits per heavy atom. The average molecular weight is 316 g/mol. The molecular formula is C13H24N4O5. The third-order valence-corrected chi connectivity index (χ3v) is 2.22. The number of carbonyl (C=O) groups excluding carboxylic acids is 3. The third-order valence-electron chi connectivity index (χ3n) is 2.22. The molecule has 0 aromatic carbocycles. The molecule has 0 saturated carbocycles. The van der Waals surface area contributed by atoms with Crippen LogP contribution in [0.2, 0.25) is 0 Å². The van der Waals surface area contributed by atoms with E-state index in [1.807, 2.05) is 0 Å². The van der Waals surface area contributed by atoms with Crippen LogP contribution in [-0.4, -0.2) is 50.4 Å². The largest absolute Gasteiger partial charge is 0.450 e. The van der Waals surface area contributed by atoms with Crippen LogP contribution in [0.25, 0.3) is 0 Å². The molecule has 0 fully saturated rings. The van der Waals surface area contributed by atoms with Gasteiger partial charge in [-0.3, -0.25) is 20.4 Å².